The van der Waals surface area contributed by atoms with Crippen molar-refractivity contribution >= 4 is 11.9 Å². The van der Waals surface area contributed by atoms with E-state index in [9.17, 15) is 9.59 Å². The first-order chi connectivity index (χ1) is 12.2. The molecule has 3 amide bonds. The van der Waals surface area contributed by atoms with Crippen LogP contribution in [0.25, 0.3) is 0 Å². The number of carbonyl (C=O) groups excluding carboxylic acids is 2. The van der Waals surface area contributed by atoms with Crippen LogP contribution in [0.5, 0.6) is 0 Å². The Bertz CT molecular complexity index is 650. The van der Waals surface area contributed by atoms with E-state index in [0.717, 1.165) is 51.4 Å². The normalized spacial score (nSPS) is 22.8. The van der Waals surface area contributed by atoms with Gasteiger partial charge in [-0.25, -0.2) is 4.79 Å². The zero-order valence-electron chi connectivity index (χ0n) is 14.7. The molecule has 0 saturated heterocycles. The summed E-state index contributed by atoms with van der Waals surface area (Å²) in [6.45, 7) is 0.307. The van der Waals surface area contributed by atoms with Gasteiger partial charge in [0.05, 0.1) is 6.54 Å². The minimum Gasteiger partial charge on any atom is -0.335 e. The molecule has 0 aromatic heterocycles. The Morgan fingerprint density at radius 2 is 1.80 bits per heavy atom. The van der Waals surface area contributed by atoms with Crippen LogP contribution in [0.4, 0.5) is 4.79 Å². The SMILES string of the molecule is O=C(CN(C1CC1)C1CCc2ccccc21)NC(=O)NC1CCCC1. The van der Waals surface area contributed by atoms with Gasteiger partial charge in [0.1, 0.15) is 0 Å². The Kier molecular flexibility index (Phi) is 4.75. The minimum absolute atomic E-state index is 0.188. The lowest BCUT2D eigenvalue weighted by Crippen LogP contribution is -2.47. The number of hydrogen-bond acceptors (Lipinski definition) is 3. The number of amides is 3. The van der Waals surface area contributed by atoms with Crippen LogP contribution in [0.2, 0.25) is 0 Å². The van der Waals surface area contributed by atoms with Crippen LogP contribution < -0.4 is 10.6 Å². The third-order valence-electron chi connectivity index (χ3n) is 5.79. The Morgan fingerprint density at radius 1 is 1.04 bits per heavy atom. The van der Waals surface area contributed by atoms with E-state index in [4.69, 9.17) is 0 Å². The highest BCUT2D eigenvalue weighted by Gasteiger charge is 2.38. The van der Waals surface area contributed by atoms with Crippen molar-refractivity contribution in [1.82, 2.24) is 15.5 Å². The van der Waals surface area contributed by atoms with Crippen molar-refractivity contribution in [3.05, 3.63) is 35.4 Å². The molecule has 0 aliphatic heterocycles. The monoisotopic (exact) mass is 341 g/mol. The van der Waals surface area contributed by atoms with E-state index >= 15 is 0 Å². The molecule has 2 fully saturated rings. The highest BCUT2D eigenvalue weighted by Crippen LogP contribution is 2.41. The number of rotatable bonds is 5. The van der Waals surface area contributed by atoms with Crippen molar-refractivity contribution in [2.24, 2.45) is 0 Å². The van der Waals surface area contributed by atoms with Gasteiger partial charge in [0.15, 0.2) is 0 Å². The smallest absolute Gasteiger partial charge is 0.321 e. The van der Waals surface area contributed by atoms with E-state index in [1.54, 1.807) is 0 Å². The lowest BCUT2D eigenvalue weighted by Gasteiger charge is -2.29. The van der Waals surface area contributed by atoms with Crippen LogP contribution in [0, 0.1) is 0 Å². The summed E-state index contributed by atoms with van der Waals surface area (Å²) in [5.41, 5.74) is 2.76. The second kappa shape index (κ2) is 7.16. The van der Waals surface area contributed by atoms with Crippen molar-refractivity contribution < 1.29 is 9.59 Å². The van der Waals surface area contributed by atoms with Gasteiger partial charge in [-0.1, -0.05) is 37.1 Å². The molecule has 1 aromatic carbocycles. The molecule has 5 nitrogen and oxygen atoms in total. The van der Waals surface area contributed by atoms with Crippen LogP contribution in [0.1, 0.15) is 62.1 Å². The molecule has 4 rings (SSSR count). The van der Waals surface area contributed by atoms with Gasteiger partial charge in [0.2, 0.25) is 5.91 Å². The predicted octanol–water partition coefficient (Wildman–Crippen LogP) is 2.91. The van der Waals surface area contributed by atoms with E-state index in [0.29, 0.717) is 18.6 Å². The van der Waals surface area contributed by atoms with Gasteiger partial charge in [0.25, 0.3) is 0 Å². The van der Waals surface area contributed by atoms with Crippen LogP contribution in [0.3, 0.4) is 0 Å². The van der Waals surface area contributed by atoms with Gasteiger partial charge < -0.3 is 5.32 Å². The Morgan fingerprint density at radius 3 is 2.56 bits per heavy atom. The predicted molar refractivity (Wildman–Crippen MR) is 96.2 cm³/mol. The maximum Gasteiger partial charge on any atom is 0.321 e. The van der Waals surface area contributed by atoms with Gasteiger partial charge in [-0.2, -0.15) is 0 Å². The van der Waals surface area contributed by atoms with E-state index in [1.165, 1.54) is 11.1 Å². The van der Waals surface area contributed by atoms with Crippen molar-refractivity contribution in [3.63, 3.8) is 0 Å². The average Bonchev–Trinajstić information content (AvgIpc) is 3.14. The molecular formula is C20H27N3O2. The first-order valence-electron chi connectivity index (χ1n) is 9.64. The van der Waals surface area contributed by atoms with Crippen molar-refractivity contribution in [3.8, 4) is 0 Å². The fourth-order valence-corrected chi connectivity index (χ4v) is 4.40. The summed E-state index contributed by atoms with van der Waals surface area (Å²) in [4.78, 5) is 26.8. The maximum atomic E-state index is 12.4. The second-order valence-electron chi connectivity index (χ2n) is 7.66. The molecule has 1 aromatic rings. The molecule has 3 aliphatic carbocycles. The number of imide groups is 1. The topological polar surface area (TPSA) is 61.4 Å². The van der Waals surface area contributed by atoms with Crippen LogP contribution in [-0.4, -0.2) is 35.5 Å². The van der Waals surface area contributed by atoms with E-state index in [2.05, 4.69) is 39.8 Å². The summed E-state index contributed by atoms with van der Waals surface area (Å²) >= 11 is 0. The number of fused-ring (bicyclic) bond motifs is 1. The summed E-state index contributed by atoms with van der Waals surface area (Å²) in [6, 6.07) is 9.24. The Labute approximate surface area is 149 Å². The number of aryl methyl sites for hydroxylation is 1. The van der Waals surface area contributed by atoms with Gasteiger partial charge in [-0.05, 0) is 49.7 Å². The lowest BCUT2D eigenvalue weighted by molar-refractivity contribution is -0.122. The number of benzene rings is 1. The minimum atomic E-state index is -0.334. The molecule has 3 aliphatic rings. The second-order valence-corrected chi connectivity index (χ2v) is 7.66. The number of carbonyl (C=O) groups is 2. The molecule has 0 radical (unpaired) electrons. The summed E-state index contributed by atoms with van der Waals surface area (Å²) in [7, 11) is 0. The number of nitrogens with one attached hydrogen (secondary N) is 2. The summed E-state index contributed by atoms with van der Waals surface area (Å²) < 4.78 is 0. The molecule has 1 atom stereocenters. The first-order valence-corrected chi connectivity index (χ1v) is 9.64. The number of nitrogens with zero attached hydrogens (tertiary/aromatic N) is 1. The van der Waals surface area contributed by atoms with Crippen LogP contribution in [0.15, 0.2) is 24.3 Å². The van der Waals surface area contributed by atoms with Crippen molar-refractivity contribution in [2.75, 3.05) is 6.54 Å². The van der Waals surface area contributed by atoms with Crippen LogP contribution >= 0.6 is 0 Å². The van der Waals surface area contributed by atoms with E-state index in [1.807, 2.05) is 0 Å². The van der Waals surface area contributed by atoms with Crippen molar-refractivity contribution in [2.45, 2.75) is 69.5 Å². The number of hydrogen-bond donors (Lipinski definition) is 2. The lowest BCUT2D eigenvalue weighted by atomic mass is 10.1. The summed E-state index contributed by atoms with van der Waals surface area (Å²) in [6.07, 6.45) is 8.82. The fourth-order valence-electron chi connectivity index (χ4n) is 4.40. The van der Waals surface area contributed by atoms with Crippen molar-refractivity contribution in [1.29, 1.82) is 0 Å². The third kappa shape index (κ3) is 3.87. The third-order valence-corrected chi connectivity index (χ3v) is 5.79. The molecule has 0 bridgehead atoms. The average molecular weight is 341 g/mol. The van der Waals surface area contributed by atoms with Crippen LogP contribution in [-0.2, 0) is 11.2 Å². The molecule has 1 unspecified atom stereocenters. The van der Waals surface area contributed by atoms with Gasteiger partial charge >= 0.3 is 6.03 Å². The highest BCUT2D eigenvalue weighted by atomic mass is 16.2. The molecule has 2 N–H and O–H groups in total. The fraction of sp³-hybridized carbons (Fsp3) is 0.600. The molecule has 0 spiro atoms. The Balaban J connectivity index is 1.36. The molecule has 134 valence electrons. The zero-order chi connectivity index (χ0) is 17.2. The highest BCUT2D eigenvalue weighted by molar-refractivity contribution is 5.95. The maximum absolute atomic E-state index is 12.4. The molecule has 2 saturated carbocycles. The molecule has 25 heavy (non-hydrogen) atoms. The summed E-state index contributed by atoms with van der Waals surface area (Å²) in [5, 5.41) is 5.46. The van der Waals surface area contributed by atoms with E-state index in [-0.39, 0.29) is 18.0 Å². The first kappa shape index (κ1) is 16.6. The molecule has 0 heterocycles. The van der Waals surface area contributed by atoms with E-state index < -0.39 is 0 Å². The van der Waals surface area contributed by atoms with Gasteiger partial charge in [0, 0.05) is 18.1 Å². The zero-order valence-corrected chi connectivity index (χ0v) is 14.7. The standard InChI is InChI=1S/C20H27N3O2/c24-19(22-20(25)21-15-6-2-3-7-15)13-23(16-10-11-16)18-12-9-14-5-1-4-8-17(14)18/h1,4-5,8,15-16,18H,2-3,6-7,9-13H2,(H2,21,22,24,25). The Hall–Kier alpha value is -1.88. The molecule has 5 heteroatoms. The molecular weight excluding hydrogens is 314 g/mol. The number of urea groups is 1. The largest absolute Gasteiger partial charge is 0.335 e. The van der Waals surface area contributed by atoms with Gasteiger partial charge in [-0.15, -0.1) is 0 Å². The quantitative estimate of drug-likeness (QED) is 0.866. The summed E-state index contributed by atoms with van der Waals surface area (Å²) in [5.74, 6) is -0.188. The van der Waals surface area contributed by atoms with Gasteiger partial charge in [-0.3, -0.25) is 15.0 Å².